The molecule has 0 saturated heterocycles. The highest BCUT2D eigenvalue weighted by atomic mass is 16.5. The van der Waals surface area contributed by atoms with Gasteiger partial charge in [0.15, 0.2) is 5.96 Å². The molecular weight excluding hydrogens is 304 g/mol. The highest BCUT2D eigenvalue weighted by molar-refractivity contribution is 5.84. The normalized spacial score (nSPS) is 16.0. The lowest BCUT2D eigenvalue weighted by molar-refractivity contribution is -0.127. The Kier molecular flexibility index (Phi) is 11.3. The summed E-state index contributed by atoms with van der Waals surface area (Å²) in [5.74, 6) is 0.721. The Morgan fingerprint density at radius 2 is 1.88 bits per heavy atom. The van der Waals surface area contributed by atoms with E-state index in [1.807, 2.05) is 6.92 Å². The molecule has 0 bridgehead atoms. The quantitative estimate of drug-likeness (QED) is 0.363. The molecule has 0 unspecified atom stereocenters. The van der Waals surface area contributed by atoms with Gasteiger partial charge in [-0.05, 0) is 39.0 Å². The van der Waals surface area contributed by atoms with Gasteiger partial charge in [-0.25, -0.2) is 4.99 Å². The Morgan fingerprint density at radius 3 is 2.54 bits per heavy atom. The molecule has 1 rings (SSSR count). The molecule has 0 aromatic rings. The summed E-state index contributed by atoms with van der Waals surface area (Å²) in [5.41, 5.74) is 0. The van der Waals surface area contributed by atoms with Crippen LogP contribution in [0.2, 0.25) is 0 Å². The van der Waals surface area contributed by atoms with Gasteiger partial charge in [0.2, 0.25) is 5.91 Å². The molecule has 1 amide bonds. The fourth-order valence-electron chi connectivity index (χ4n) is 2.72. The second-order valence-corrected chi connectivity index (χ2v) is 6.60. The fourth-order valence-corrected chi connectivity index (χ4v) is 2.72. The second-order valence-electron chi connectivity index (χ2n) is 6.60. The Morgan fingerprint density at radius 1 is 1.12 bits per heavy atom. The summed E-state index contributed by atoms with van der Waals surface area (Å²) < 4.78 is 5.94. The number of amides is 1. The molecule has 1 aliphatic rings. The summed E-state index contributed by atoms with van der Waals surface area (Å²) >= 11 is 0. The van der Waals surface area contributed by atoms with Gasteiger partial charge in [0.25, 0.3) is 0 Å². The zero-order chi connectivity index (χ0) is 17.6. The van der Waals surface area contributed by atoms with Crippen LogP contribution >= 0.6 is 0 Å². The van der Waals surface area contributed by atoms with Crippen LogP contribution in [0, 0.1) is 0 Å². The number of hydrogen-bond acceptors (Lipinski definition) is 3. The Balaban J connectivity index is 2.07. The van der Waals surface area contributed by atoms with Crippen molar-refractivity contribution >= 4 is 11.9 Å². The number of likely N-dealkylation sites (N-methyl/N-ethyl adjacent to an activating group) is 1. The van der Waals surface area contributed by atoms with Gasteiger partial charge in [0.05, 0.1) is 6.10 Å². The average Bonchev–Trinajstić information content (AvgIpc) is 2.59. The number of nitrogens with one attached hydrogen (secondary N) is 2. The van der Waals surface area contributed by atoms with E-state index in [-0.39, 0.29) is 12.5 Å². The minimum absolute atomic E-state index is 0.00654. The molecule has 1 fully saturated rings. The molecule has 0 spiro atoms. The summed E-state index contributed by atoms with van der Waals surface area (Å²) in [4.78, 5) is 17.4. The van der Waals surface area contributed by atoms with Crippen molar-refractivity contribution in [1.82, 2.24) is 15.5 Å². The Bertz CT molecular complexity index is 366. The Hall–Kier alpha value is -1.30. The number of unbranched alkanes of at least 4 members (excludes halogenated alkanes) is 2. The van der Waals surface area contributed by atoms with Crippen LogP contribution in [0.1, 0.15) is 58.3 Å². The number of hydrogen-bond donors (Lipinski definition) is 2. The minimum Gasteiger partial charge on any atom is -0.378 e. The lowest BCUT2D eigenvalue weighted by Gasteiger charge is -2.21. The van der Waals surface area contributed by atoms with Gasteiger partial charge >= 0.3 is 0 Å². The molecular formula is C18H36N4O2. The summed E-state index contributed by atoms with van der Waals surface area (Å²) in [6, 6.07) is 0. The van der Waals surface area contributed by atoms with Gasteiger partial charge in [-0.2, -0.15) is 0 Å². The van der Waals surface area contributed by atoms with Crippen LogP contribution in [0.25, 0.3) is 0 Å². The number of carbonyl (C=O) groups is 1. The first-order valence-electron chi connectivity index (χ1n) is 9.47. The number of carbonyl (C=O) groups excluding carboxylic acids is 1. The number of rotatable bonds is 10. The van der Waals surface area contributed by atoms with Crippen molar-refractivity contribution in [2.75, 3.05) is 40.3 Å². The first-order chi connectivity index (χ1) is 11.6. The minimum atomic E-state index is 0.00654. The van der Waals surface area contributed by atoms with E-state index in [0.29, 0.717) is 12.1 Å². The van der Waals surface area contributed by atoms with Crippen molar-refractivity contribution < 1.29 is 9.53 Å². The molecule has 0 heterocycles. The smallest absolute Gasteiger partial charge is 0.243 e. The SMILES string of the molecule is CCNC(=NCC(=O)N(C)C)NCCCCCOC1CCCCC1. The van der Waals surface area contributed by atoms with Crippen molar-refractivity contribution in [2.24, 2.45) is 4.99 Å². The van der Waals surface area contributed by atoms with Gasteiger partial charge in [-0.1, -0.05) is 19.3 Å². The molecule has 0 aromatic heterocycles. The van der Waals surface area contributed by atoms with Crippen LogP contribution < -0.4 is 10.6 Å². The van der Waals surface area contributed by atoms with Crippen molar-refractivity contribution in [3.8, 4) is 0 Å². The first-order valence-corrected chi connectivity index (χ1v) is 9.47. The molecule has 24 heavy (non-hydrogen) atoms. The van der Waals surface area contributed by atoms with E-state index in [1.54, 1.807) is 19.0 Å². The predicted molar refractivity (Wildman–Crippen MR) is 99.4 cm³/mol. The highest BCUT2D eigenvalue weighted by Crippen LogP contribution is 2.20. The maximum Gasteiger partial charge on any atom is 0.243 e. The predicted octanol–water partition coefficient (Wildman–Crippen LogP) is 2.15. The first kappa shape index (κ1) is 20.7. The monoisotopic (exact) mass is 340 g/mol. The largest absolute Gasteiger partial charge is 0.378 e. The van der Waals surface area contributed by atoms with E-state index in [0.717, 1.165) is 39.0 Å². The summed E-state index contributed by atoms with van der Waals surface area (Å²) in [6.45, 7) is 4.74. The third-order valence-corrected chi connectivity index (χ3v) is 4.23. The van der Waals surface area contributed by atoms with E-state index >= 15 is 0 Å². The molecule has 1 saturated carbocycles. The second kappa shape index (κ2) is 13.0. The van der Waals surface area contributed by atoms with Crippen LogP contribution in [0.4, 0.5) is 0 Å². The van der Waals surface area contributed by atoms with Crippen LogP contribution in [-0.2, 0) is 9.53 Å². The lowest BCUT2D eigenvalue weighted by atomic mass is 9.98. The zero-order valence-electron chi connectivity index (χ0n) is 15.8. The van der Waals surface area contributed by atoms with E-state index in [4.69, 9.17) is 4.74 Å². The van der Waals surface area contributed by atoms with Gasteiger partial charge < -0.3 is 20.3 Å². The maximum atomic E-state index is 11.6. The number of guanidine groups is 1. The van der Waals surface area contributed by atoms with Crippen LogP contribution in [0.3, 0.4) is 0 Å². The van der Waals surface area contributed by atoms with Crippen molar-refractivity contribution in [1.29, 1.82) is 0 Å². The molecule has 0 radical (unpaired) electrons. The zero-order valence-corrected chi connectivity index (χ0v) is 15.8. The maximum absolute atomic E-state index is 11.6. The summed E-state index contributed by atoms with van der Waals surface area (Å²) in [7, 11) is 3.49. The van der Waals surface area contributed by atoms with E-state index < -0.39 is 0 Å². The molecule has 2 N–H and O–H groups in total. The van der Waals surface area contributed by atoms with Crippen molar-refractivity contribution in [3.05, 3.63) is 0 Å². The topological polar surface area (TPSA) is 66.0 Å². The van der Waals surface area contributed by atoms with E-state index in [1.165, 1.54) is 32.1 Å². The highest BCUT2D eigenvalue weighted by Gasteiger charge is 2.12. The lowest BCUT2D eigenvalue weighted by Crippen LogP contribution is -2.38. The van der Waals surface area contributed by atoms with Gasteiger partial charge in [0, 0.05) is 33.8 Å². The molecule has 1 aliphatic carbocycles. The van der Waals surface area contributed by atoms with E-state index in [9.17, 15) is 4.79 Å². The standard InChI is InChI=1S/C18H36N4O2/c1-4-19-18(21-15-17(23)22(2)3)20-13-9-6-10-14-24-16-11-7-5-8-12-16/h16H,4-15H2,1-3H3,(H2,19,20,21). The van der Waals surface area contributed by atoms with Crippen LogP contribution in [0.5, 0.6) is 0 Å². The molecule has 0 aliphatic heterocycles. The fraction of sp³-hybridized carbons (Fsp3) is 0.889. The molecule has 6 nitrogen and oxygen atoms in total. The van der Waals surface area contributed by atoms with E-state index in [2.05, 4.69) is 15.6 Å². The molecule has 6 heteroatoms. The van der Waals surface area contributed by atoms with Crippen molar-refractivity contribution in [3.63, 3.8) is 0 Å². The van der Waals surface area contributed by atoms with Crippen LogP contribution in [0.15, 0.2) is 4.99 Å². The van der Waals surface area contributed by atoms with Gasteiger partial charge in [-0.3, -0.25) is 4.79 Å². The number of nitrogens with zero attached hydrogens (tertiary/aromatic N) is 2. The van der Waals surface area contributed by atoms with Crippen LogP contribution in [-0.4, -0.2) is 63.2 Å². The van der Waals surface area contributed by atoms with Crippen molar-refractivity contribution in [2.45, 2.75) is 64.4 Å². The summed E-state index contributed by atoms with van der Waals surface area (Å²) in [5, 5.41) is 6.45. The van der Waals surface area contributed by atoms with Gasteiger partial charge in [0.1, 0.15) is 6.54 Å². The summed E-state index contributed by atoms with van der Waals surface area (Å²) in [6.07, 6.45) is 10.4. The number of aliphatic imine (C=N–C) groups is 1. The molecule has 0 atom stereocenters. The third kappa shape index (κ3) is 9.75. The molecule has 140 valence electrons. The third-order valence-electron chi connectivity index (χ3n) is 4.23. The van der Waals surface area contributed by atoms with Gasteiger partial charge in [-0.15, -0.1) is 0 Å². The molecule has 0 aromatic carbocycles. The Labute approximate surface area is 147 Å². The number of ether oxygens (including phenoxy) is 1. The average molecular weight is 341 g/mol.